The Hall–Kier alpha value is -1.84. The third kappa shape index (κ3) is 1.38. The van der Waals surface area contributed by atoms with Crippen LogP contribution < -0.4 is 0 Å². The standard InChI is InChI=1S/C12H14N2O2/c1-3-7-14-11-8(2)5-4-6-9(11)10(13-16)12(14)15/h4-6,15H,3,7H2,1-2H3. The zero-order valence-corrected chi connectivity index (χ0v) is 9.40. The van der Waals surface area contributed by atoms with Crippen LogP contribution in [0.1, 0.15) is 18.9 Å². The largest absolute Gasteiger partial charge is 0.493 e. The van der Waals surface area contributed by atoms with Crippen LogP contribution in [0.2, 0.25) is 0 Å². The number of hydrogen-bond donors (Lipinski definition) is 1. The predicted molar refractivity (Wildman–Crippen MR) is 64.1 cm³/mol. The van der Waals surface area contributed by atoms with Gasteiger partial charge in [0.05, 0.1) is 5.52 Å². The number of rotatable bonds is 3. The number of aromatic hydroxyl groups is 1. The molecule has 2 aromatic rings. The lowest BCUT2D eigenvalue weighted by Gasteiger charge is -2.06. The second-order valence-electron chi connectivity index (χ2n) is 3.89. The zero-order chi connectivity index (χ0) is 11.7. The lowest BCUT2D eigenvalue weighted by atomic mass is 10.1. The van der Waals surface area contributed by atoms with Crippen molar-refractivity contribution in [3.05, 3.63) is 28.7 Å². The van der Waals surface area contributed by atoms with Gasteiger partial charge in [0, 0.05) is 11.9 Å². The SMILES string of the molecule is CCCn1c(O)c(N=O)c2cccc(C)c21. The van der Waals surface area contributed by atoms with E-state index >= 15 is 0 Å². The molecule has 0 aliphatic rings. The fourth-order valence-electron chi connectivity index (χ4n) is 2.09. The van der Waals surface area contributed by atoms with Crippen molar-refractivity contribution in [1.82, 2.24) is 4.57 Å². The molecule has 2 rings (SSSR count). The fourth-order valence-corrected chi connectivity index (χ4v) is 2.09. The minimum absolute atomic E-state index is 0.0267. The number of para-hydroxylation sites is 1. The first kappa shape index (κ1) is 10.7. The molecule has 0 aliphatic carbocycles. The number of aromatic nitrogens is 1. The van der Waals surface area contributed by atoms with E-state index in [1.807, 2.05) is 32.0 Å². The van der Waals surface area contributed by atoms with Crippen LogP contribution in [-0.4, -0.2) is 9.67 Å². The third-order valence-corrected chi connectivity index (χ3v) is 2.77. The topological polar surface area (TPSA) is 54.6 Å². The smallest absolute Gasteiger partial charge is 0.222 e. The predicted octanol–water partition coefficient (Wildman–Crippen LogP) is 3.46. The molecule has 0 atom stereocenters. The van der Waals surface area contributed by atoms with Crippen LogP contribution in [0, 0.1) is 11.8 Å². The van der Waals surface area contributed by atoms with Gasteiger partial charge in [-0.2, -0.15) is 0 Å². The average molecular weight is 218 g/mol. The highest BCUT2D eigenvalue weighted by Crippen LogP contribution is 2.39. The quantitative estimate of drug-likeness (QED) is 0.802. The van der Waals surface area contributed by atoms with E-state index in [9.17, 15) is 10.0 Å². The molecule has 0 aliphatic heterocycles. The summed E-state index contributed by atoms with van der Waals surface area (Å²) in [5.74, 6) is -0.0267. The van der Waals surface area contributed by atoms with Crippen LogP contribution in [0.25, 0.3) is 10.9 Å². The van der Waals surface area contributed by atoms with E-state index in [1.54, 1.807) is 4.57 Å². The molecule has 0 spiro atoms. The first-order chi connectivity index (χ1) is 7.70. The molecular weight excluding hydrogens is 204 g/mol. The zero-order valence-electron chi connectivity index (χ0n) is 9.40. The van der Waals surface area contributed by atoms with Crippen LogP contribution in [0.15, 0.2) is 23.4 Å². The summed E-state index contributed by atoms with van der Waals surface area (Å²) in [6.45, 7) is 4.67. The van der Waals surface area contributed by atoms with E-state index in [0.29, 0.717) is 6.54 Å². The normalized spacial score (nSPS) is 10.9. The van der Waals surface area contributed by atoms with Crippen molar-refractivity contribution in [2.24, 2.45) is 5.18 Å². The number of aryl methyl sites for hydroxylation is 2. The van der Waals surface area contributed by atoms with E-state index < -0.39 is 0 Å². The van der Waals surface area contributed by atoms with Crippen LogP contribution in [0.3, 0.4) is 0 Å². The fraction of sp³-hybridized carbons (Fsp3) is 0.333. The maximum absolute atomic E-state index is 10.7. The van der Waals surface area contributed by atoms with Gasteiger partial charge in [-0.05, 0) is 24.1 Å². The van der Waals surface area contributed by atoms with E-state index in [2.05, 4.69) is 5.18 Å². The molecule has 0 unspecified atom stereocenters. The summed E-state index contributed by atoms with van der Waals surface area (Å²) in [5, 5.41) is 13.6. The average Bonchev–Trinajstić information content (AvgIpc) is 2.54. The lowest BCUT2D eigenvalue weighted by Crippen LogP contribution is -1.96. The van der Waals surface area contributed by atoms with Gasteiger partial charge in [0.1, 0.15) is 0 Å². The molecule has 0 saturated carbocycles. The van der Waals surface area contributed by atoms with Gasteiger partial charge in [0.2, 0.25) is 5.88 Å². The molecule has 0 radical (unpaired) electrons. The van der Waals surface area contributed by atoms with Crippen LogP contribution in [-0.2, 0) is 6.54 Å². The van der Waals surface area contributed by atoms with Crippen molar-refractivity contribution >= 4 is 16.6 Å². The van der Waals surface area contributed by atoms with E-state index in [4.69, 9.17) is 0 Å². The van der Waals surface area contributed by atoms with E-state index in [1.165, 1.54) is 0 Å². The lowest BCUT2D eigenvalue weighted by molar-refractivity contribution is 0.421. The molecule has 0 amide bonds. The molecule has 1 heterocycles. The van der Waals surface area contributed by atoms with E-state index in [-0.39, 0.29) is 11.6 Å². The third-order valence-electron chi connectivity index (χ3n) is 2.77. The van der Waals surface area contributed by atoms with Gasteiger partial charge in [0.15, 0.2) is 5.69 Å². The molecular formula is C12H14N2O2. The first-order valence-corrected chi connectivity index (χ1v) is 5.34. The maximum atomic E-state index is 10.7. The Morgan fingerprint density at radius 1 is 1.44 bits per heavy atom. The minimum Gasteiger partial charge on any atom is -0.493 e. The summed E-state index contributed by atoms with van der Waals surface area (Å²) in [7, 11) is 0. The molecule has 0 fully saturated rings. The number of fused-ring (bicyclic) bond motifs is 1. The van der Waals surface area contributed by atoms with Gasteiger partial charge in [0.25, 0.3) is 0 Å². The Labute approximate surface area is 93.5 Å². The number of benzene rings is 1. The molecule has 16 heavy (non-hydrogen) atoms. The molecule has 1 N–H and O–H groups in total. The molecule has 1 aromatic carbocycles. The van der Waals surface area contributed by atoms with Crippen LogP contribution in [0.4, 0.5) is 5.69 Å². The number of nitroso groups, excluding NO2 is 1. The summed E-state index contributed by atoms with van der Waals surface area (Å²) in [6, 6.07) is 5.63. The van der Waals surface area contributed by atoms with Crippen molar-refractivity contribution in [2.45, 2.75) is 26.8 Å². The highest BCUT2D eigenvalue weighted by Gasteiger charge is 2.17. The van der Waals surface area contributed by atoms with Gasteiger partial charge < -0.3 is 9.67 Å². The summed E-state index contributed by atoms with van der Waals surface area (Å²) in [6.07, 6.45) is 0.893. The Kier molecular flexibility index (Phi) is 2.64. The van der Waals surface area contributed by atoms with Gasteiger partial charge in [-0.25, -0.2) is 0 Å². The van der Waals surface area contributed by atoms with Crippen molar-refractivity contribution in [3.63, 3.8) is 0 Å². The van der Waals surface area contributed by atoms with Crippen molar-refractivity contribution < 1.29 is 5.11 Å². The second kappa shape index (κ2) is 3.96. The Morgan fingerprint density at radius 3 is 2.81 bits per heavy atom. The van der Waals surface area contributed by atoms with Gasteiger partial charge in [-0.3, -0.25) is 0 Å². The molecule has 0 saturated heterocycles. The Morgan fingerprint density at radius 2 is 2.19 bits per heavy atom. The molecule has 4 nitrogen and oxygen atoms in total. The minimum atomic E-state index is -0.0267. The van der Waals surface area contributed by atoms with Crippen molar-refractivity contribution in [3.8, 4) is 5.88 Å². The first-order valence-electron chi connectivity index (χ1n) is 5.34. The Balaban J connectivity index is 2.86. The summed E-state index contributed by atoms with van der Waals surface area (Å²) < 4.78 is 1.75. The molecule has 0 bridgehead atoms. The van der Waals surface area contributed by atoms with Crippen LogP contribution in [0.5, 0.6) is 5.88 Å². The highest BCUT2D eigenvalue weighted by molar-refractivity contribution is 5.96. The van der Waals surface area contributed by atoms with E-state index in [0.717, 1.165) is 22.9 Å². The van der Waals surface area contributed by atoms with Crippen molar-refractivity contribution in [1.29, 1.82) is 0 Å². The van der Waals surface area contributed by atoms with Gasteiger partial charge >= 0.3 is 0 Å². The summed E-state index contributed by atoms with van der Waals surface area (Å²) >= 11 is 0. The summed E-state index contributed by atoms with van der Waals surface area (Å²) in [5.41, 5.74) is 2.08. The number of hydrogen-bond acceptors (Lipinski definition) is 3. The highest BCUT2D eigenvalue weighted by atomic mass is 16.3. The second-order valence-corrected chi connectivity index (χ2v) is 3.89. The van der Waals surface area contributed by atoms with Gasteiger partial charge in [-0.15, -0.1) is 4.91 Å². The Bertz CT molecular complexity index is 543. The maximum Gasteiger partial charge on any atom is 0.222 e. The van der Waals surface area contributed by atoms with Crippen molar-refractivity contribution in [2.75, 3.05) is 0 Å². The summed E-state index contributed by atoms with van der Waals surface area (Å²) in [4.78, 5) is 10.7. The molecule has 4 heteroatoms. The van der Waals surface area contributed by atoms with Gasteiger partial charge in [-0.1, -0.05) is 25.1 Å². The number of nitrogens with zero attached hydrogens (tertiary/aromatic N) is 2. The van der Waals surface area contributed by atoms with Crippen LogP contribution >= 0.6 is 0 Å². The molecule has 84 valence electrons. The molecule has 1 aromatic heterocycles. The monoisotopic (exact) mass is 218 g/mol.